The van der Waals surface area contributed by atoms with Crippen LogP contribution >= 0.6 is 0 Å². The molecule has 0 aromatic carbocycles. The monoisotopic (exact) mass is 269 g/mol. The molecule has 0 bridgehead atoms. The third kappa shape index (κ3) is 13.2. The van der Waals surface area contributed by atoms with Gasteiger partial charge in [-0.15, -0.1) is 0 Å². The van der Waals surface area contributed by atoms with Gasteiger partial charge in [0.15, 0.2) is 0 Å². The topological polar surface area (TPSA) is 6.48 Å². The maximum Gasteiger partial charge on any atom is 0.673 e. The Morgan fingerprint density at radius 2 is 1.56 bits per heavy atom. The fourth-order valence-electron chi connectivity index (χ4n) is 1.65. The molecule has 0 fully saturated rings. The summed E-state index contributed by atoms with van der Waals surface area (Å²) in [5.74, 6) is 0. The van der Waals surface area contributed by atoms with Crippen LogP contribution in [0.4, 0.5) is 17.3 Å². The quantitative estimate of drug-likeness (QED) is 0.409. The molecule has 1 aliphatic heterocycles. The minimum atomic E-state index is -6.00. The van der Waals surface area contributed by atoms with Crippen molar-refractivity contribution in [2.24, 2.45) is 0 Å². The zero-order chi connectivity index (χ0) is 14.0. The van der Waals surface area contributed by atoms with Gasteiger partial charge in [0.05, 0.1) is 6.67 Å². The van der Waals surface area contributed by atoms with E-state index in [9.17, 15) is 17.3 Å². The Morgan fingerprint density at radius 3 is 2.00 bits per heavy atom. The number of hydrogen-bond acceptors (Lipinski definition) is 2. The Bertz CT molecular complexity index is 228. The van der Waals surface area contributed by atoms with Gasteiger partial charge in [0.25, 0.3) is 0 Å². The van der Waals surface area contributed by atoms with Crippen molar-refractivity contribution < 1.29 is 17.3 Å². The first-order chi connectivity index (χ1) is 8.33. The van der Waals surface area contributed by atoms with E-state index in [2.05, 4.69) is 36.2 Å². The summed E-state index contributed by atoms with van der Waals surface area (Å²) in [6, 6.07) is 0. The lowest BCUT2D eigenvalue weighted by Crippen LogP contribution is -2.23. The van der Waals surface area contributed by atoms with Crippen molar-refractivity contribution in [1.82, 2.24) is 9.80 Å². The van der Waals surface area contributed by atoms with E-state index in [1.54, 1.807) is 0 Å². The number of unbranched alkanes of at least 4 members (excludes halogenated alkanes) is 4. The highest BCUT2D eigenvalue weighted by atomic mass is 19.5. The van der Waals surface area contributed by atoms with Crippen molar-refractivity contribution in [3.8, 4) is 0 Å². The van der Waals surface area contributed by atoms with Crippen LogP contribution in [0.25, 0.3) is 0 Å². The van der Waals surface area contributed by atoms with Gasteiger partial charge in [0, 0.05) is 26.0 Å². The lowest BCUT2D eigenvalue weighted by atomic mass is 10.1. The summed E-state index contributed by atoms with van der Waals surface area (Å²) in [5.41, 5.74) is 0. The average Bonchev–Trinajstić information content (AvgIpc) is 2.61. The third-order valence-electron chi connectivity index (χ3n) is 2.49. The molecule has 18 heavy (non-hydrogen) atoms. The molecule has 1 rings (SSSR count). The maximum absolute atomic E-state index is 9.75. The highest BCUT2D eigenvalue weighted by Crippen LogP contribution is 2.08. The third-order valence-corrected chi connectivity index (χ3v) is 2.49. The first kappa shape index (κ1) is 17.1. The maximum atomic E-state index is 9.75. The number of halogens is 4. The normalized spacial score (nSPS) is 14.8. The second-order valence-corrected chi connectivity index (χ2v) is 4.42. The first-order valence-corrected chi connectivity index (χ1v) is 6.33. The SMILES string of the molecule is CCCCCCCN1C=CN(C)C1.F[B-](F)(F)F. The van der Waals surface area contributed by atoms with Crippen LogP contribution in [-0.4, -0.2) is 37.3 Å². The minimum absolute atomic E-state index is 1.08. The standard InChI is InChI=1S/C11H22N2.BF4/c1-3-4-5-6-7-8-13-10-9-12(2)11-13;2-1(3,4)5/h9-10H,3-8,11H2,1-2H3;/q;-1. The van der Waals surface area contributed by atoms with Gasteiger partial charge in [0.1, 0.15) is 0 Å². The highest BCUT2D eigenvalue weighted by molar-refractivity contribution is 6.50. The minimum Gasteiger partial charge on any atom is -0.418 e. The fourth-order valence-corrected chi connectivity index (χ4v) is 1.65. The molecule has 0 amide bonds. The van der Waals surface area contributed by atoms with Crippen LogP contribution < -0.4 is 0 Å². The molecule has 0 radical (unpaired) electrons. The van der Waals surface area contributed by atoms with Gasteiger partial charge in [0.2, 0.25) is 0 Å². The van der Waals surface area contributed by atoms with Gasteiger partial charge in [-0.05, 0) is 6.42 Å². The van der Waals surface area contributed by atoms with Crippen molar-refractivity contribution in [1.29, 1.82) is 0 Å². The number of nitrogens with zero attached hydrogens (tertiary/aromatic N) is 2. The van der Waals surface area contributed by atoms with E-state index in [0.29, 0.717) is 0 Å². The Labute approximate surface area is 107 Å². The summed E-state index contributed by atoms with van der Waals surface area (Å²) in [4.78, 5) is 4.60. The Kier molecular flexibility index (Phi) is 8.67. The summed E-state index contributed by atoms with van der Waals surface area (Å²) in [5, 5.41) is 0. The van der Waals surface area contributed by atoms with Gasteiger partial charge in [-0.3, -0.25) is 0 Å². The van der Waals surface area contributed by atoms with Crippen molar-refractivity contribution in [3.63, 3.8) is 0 Å². The van der Waals surface area contributed by atoms with E-state index in [1.807, 2.05) is 0 Å². The molecule has 0 unspecified atom stereocenters. The van der Waals surface area contributed by atoms with Crippen LogP contribution in [0.15, 0.2) is 12.4 Å². The first-order valence-electron chi connectivity index (χ1n) is 6.33. The van der Waals surface area contributed by atoms with Gasteiger partial charge >= 0.3 is 7.25 Å². The van der Waals surface area contributed by atoms with Crippen LogP contribution in [0.1, 0.15) is 39.0 Å². The zero-order valence-electron chi connectivity index (χ0n) is 11.1. The lowest BCUT2D eigenvalue weighted by Gasteiger charge is -2.17. The molecule has 0 aromatic heterocycles. The molecule has 2 nitrogen and oxygen atoms in total. The summed E-state index contributed by atoms with van der Waals surface area (Å²) in [7, 11) is -3.88. The molecule has 7 heteroatoms. The molecule has 0 aliphatic carbocycles. The second-order valence-electron chi connectivity index (χ2n) is 4.42. The Hall–Kier alpha value is -0.875. The van der Waals surface area contributed by atoms with Crippen molar-refractivity contribution in [2.75, 3.05) is 20.3 Å². The van der Waals surface area contributed by atoms with Crippen LogP contribution in [0, 0.1) is 0 Å². The second kappa shape index (κ2) is 9.11. The smallest absolute Gasteiger partial charge is 0.418 e. The van der Waals surface area contributed by atoms with E-state index < -0.39 is 7.25 Å². The largest absolute Gasteiger partial charge is 0.673 e. The molecule has 108 valence electrons. The predicted octanol–water partition coefficient (Wildman–Crippen LogP) is 3.93. The van der Waals surface area contributed by atoms with E-state index in [4.69, 9.17) is 0 Å². The van der Waals surface area contributed by atoms with E-state index in [1.165, 1.54) is 38.6 Å². The molecule has 1 heterocycles. The summed E-state index contributed by atoms with van der Waals surface area (Å²) >= 11 is 0. The van der Waals surface area contributed by atoms with Gasteiger partial charge in [-0.25, -0.2) is 0 Å². The predicted molar refractivity (Wildman–Crippen MR) is 67.4 cm³/mol. The fraction of sp³-hybridized carbons (Fsp3) is 0.818. The van der Waals surface area contributed by atoms with Crippen LogP contribution in [0.5, 0.6) is 0 Å². The van der Waals surface area contributed by atoms with Gasteiger partial charge in [-0.2, -0.15) is 0 Å². The highest BCUT2D eigenvalue weighted by Gasteiger charge is 2.20. The van der Waals surface area contributed by atoms with Crippen molar-refractivity contribution in [3.05, 3.63) is 12.4 Å². The summed E-state index contributed by atoms with van der Waals surface area (Å²) in [6.07, 6.45) is 11.2. The summed E-state index contributed by atoms with van der Waals surface area (Å²) < 4.78 is 39.0. The molecular weight excluding hydrogens is 247 g/mol. The zero-order valence-corrected chi connectivity index (χ0v) is 11.1. The van der Waals surface area contributed by atoms with Crippen molar-refractivity contribution in [2.45, 2.75) is 39.0 Å². The van der Waals surface area contributed by atoms with E-state index in [0.717, 1.165) is 6.67 Å². The lowest BCUT2D eigenvalue weighted by molar-refractivity contribution is 0.291. The molecule has 1 aliphatic rings. The Morgan fingerprint density at radius 1 is 1.00 bits per heavy atom. The molecule has 0 saturated heterocycles. The van der Waals surface area contributed by atoms with Gasteiger partial charge < -0.3 is 27.1 Å². The number of rotatable bonds is 6. The molecular formula is C11H22BF4N2-. The van der Waals surface area contributed by atoms with E-state index in [-0.39, 0.29) is 0 Å². The van der Waals surface area contributed by atoms with E-state index >= 15 is 0 Å². The molecule has 0 saturated carbocycles. The van der Waals surface area contributed by atoms with Crippen LogP contribution in [0.3, 0.4) is 0 Å². The number of hydrogen-bond donors (Lipinski definition) is 0. The average molecular weight is 269 g/mol. The molecule has 0 spiro atoms. The van der Waals surface area contributed by atoms with Crippen LogP contribution in [-0.2, 0) is 0 Å². The molecule has 0 atom stereocenters. The van der Waals surface area contributed by atoms with Gasteiger partial charge in [-0.1, -0.05) is 32.6 Å². The summed E-state index contributed by atoms with van der Waals surface area (Å²) in [6.45, 7) is 4.57. The molecule has 0 N–H and O–H groups in total. The van der Waals surface area contributed by atoms with Crippen LogP contribution in [0.2, 0.25) is 0 Å². The Balaban J connectivity index is 0.000000494. The molecule has 0 aromatic rings. The van der Waals surface area contributed by atoms with Crippen molar-refractivity contribution >= 4 is 7.25 Å².